The van der Waals surface area contributed by atoms with E-state index in [0.29, 0.717) is 28.7 Å². The van der Waals surface area contributed by atoms with Gasteiger partial charge in [0.15, 0.2) is 5.71 Å². The summed E-state index contributed by atoms with van der Waals surface area (Å²) >= 11 is 0. The highest BCUT2D eigenvalue weighted by Gasteiger charge is 2.14. The van der Waals surface area contributed by atoms with Crippen molar-refractivity contribution in [1.82, 2.24) is 4.98 Å². The van der Waals surface area contributed by atoms with Crippen LogP contribution in [0.25, 0.3) is 11.5 Å². The Morgan fingerprint density at radius 1 is 0.943 bits per heavy atom. The minimum Gasteiger partial charge on any atom is -0.497 e. The summed E-state index contributed by atoms with van der Waals surface area (Å²) in [5, 5.41) is 13.3. The SMILES string of the molecule is COc1ccc(/C(=N/OCc2ccc(OCc3nc(-c4ccccc4)oc3C)cc2)C(=O)O)cc1. The van der Waals surface area contributed by atoms with Gasteiger partial charge in [-0.05, 0) is 61.0 Å². The first kappa shape index (κ1) is 23.6. The number of carbonyl (C=O) groups is 1. The Morgan fingerprint density at radius 2 is 1.63 bits per heavy atom. The molecule has 1 heterocycles. The van der Waals surface area contributed by atoms with Crippen LogP contribution in [0.3, 0.4) is 0 Å². The number of aryl methyl sites for hydroxylation is 1. The molecule has 1 aromatic heterocycles. The van der Waals surface area contributed by atoms with Gasteiger partial charge in [-0.25, -0.2) is 9.78 Å². The molecule has 1 N–H and O–H groups in total. The number of hydrogen-bond acceptors (Lipinski definition) is 7. The molecule has 0 spiro atoms. The van der Waals surface area contributed by atoms with E-state index < -0.39 is 5.97 Å². The molecule has 4 aromatic rings. The van der Waals surface area contributed by atoms with Crippen LogP contribution in [-0.4, -0.2) is 28.9 Å². The van der Waals surface area contributed by atoms with Crippen LogP contribution in [0.1, 0.15) is 22.6 Å². The molecule has 0 unspecified atom stereocenters. The maximum atomic E-state index is 11.6. The van der Waals surface area contributed by atoms with Gasteiger partial charge in [0.25, 0.3) is 0 Å². The van der Waals surface area contributed by atoms with Crippen molar-refractivity contribution < 1.29 is 28.6 Å². The molecule has 0 amide bonds. The maximum Gasteiger partial charge on any atom is 0.358 e. The number of oxazole rings is 1. The predicted octanol–water partition coefficient (Wildman–Crippen LogP) is 5.24. The summed E-state index contributed by atoms with van der Waals surface area (Å²) in [6.45, 7) is 2.23. The number of carboxylic acids is 1. The molecule has 0 atom stereocenters. The maximum absolute atomic E-state index is 11.6. The first-order valence-electron chi connectivity index (χ1n) is 10.8. The molecule has 0 aliphatic carbocycles. The van der Waals surface area contributed by atoms with E-state index in [1.165, 1.54) is 7.11 Å². The molecule has 0 aliphatic rings. The van der Waals surface area contributed by atoms with Crippen molar-refractivity contribution in [1.29, 1.82) is 0 Å². The quantitative estimate of drug-likeness (QED) is 0.249. The van der Waals surface area contributed by atoms with Gasteiger partial charge in [0.2, 0.25) is 5.89 Å². The Hall–Kier alpha value is -4.59. The van der Waals surface area contributed by atoms with Gasteiger partial charge < -0.3 is 23.8 Å². The summed E-state index contributed by atoms with van der Waals surface area (Å²) in [6, 6.07) is 23.5. The van der Waals surface area contributed by atoms with Crippen molar-refractivity contribution in [3.63, 3.8) is 0 Å². The van der Waals surface area contributed by atoms with E-state index in [4.69, 9.17) is 18.7 Å². The Kier molecular flexibility index (Phi) is 7.42. The van der Waals surface area contributed by atoms with E-state index in [0.717, 1.165) is 16.8 Å². The van der Waals surface area contributed by atoms with Crippen LogP contribution in [0.4, 0.5) is 0 Å². The fraction of sp³-hybridized carbons (Fsp3) is 0.148. The molecule has 4 rings (SSSR count). The summed E-state index contributed by atoms with van der Waals surface area (Å²) in [7, 11) is 1.54. The first-order valence-corrected chi connectivity index (χ1v) is 10.8. The molecule has 8 nitrogen and oxygen atoms in total. The van der Waals surface area contributed by atoms with Crippen LogP contribution in [0.5, 0.6) is 11.5 Å². The van der Waals surface area contributed by atoms with E-state index >= 15 is 0 Å². The summed E-state index contributed by atoms with van der Waals surface area (Å²) < 4.78 is 16.7. The second-order valence-corrected chi connectivity index (χ2v) is 7.57. The van der Waals surface area contributed by atoms with Crippen molar-refractivity contribution in [3.8, 4) is 23.0 Å². The molecule has 35 heavy (non-hydrogen) atoms. The van der Waals surface area contributed by atoms with Gasteiger partial charge in [0.05, 0.1) is 7.11 Å². The van der Waals surface area contributed by atoms with Crippen LogP contribution < -0.4 is 9.47 Å². The molecule has 0 aliphatic heterocycles. The number of benzene rings is 3. The third kappa shape index (κ3) is 6.05. The zero-order valence-electron chi connectivity index (χ0n) is 19.3. The van der Waals surface area contributed by atoms with Gasteiger partial charge >= 0.3 is 5.97 Å². The van der Waals surface area contributed by atoms with Crippen LogP contribution in [0, 0.1) is 6.92 Å². The number of nitrogens with zero attached hydrogens (tertiary/aromatic N) is 2. The van der Waals surface area contributed by atoms with Crippen LogP contribution in [0.15, 0.2) is 88.4 Å². The number of hydrogen-bond donors (Lipinski definition) is 1. The Balaban J connectivity index is 1.33. The Bertz CT molecular complexity index is 1300. The molecular formula is C27H24N2O6. The number of oxime groups is 1. The highest BCUT2D eigenvalue weighted by Crippen LogP contribution is 2.23. The first-order chi connectivity index (χ1) is 17.0. The van der Waals surface area contributed by atoms with E-state index in [2.05, 4.69) is 10.1 Å². The van der Waals surface area contributed by atoms with Gasteiger partial charge in [-0.1, -0.05) is 35.5 Å². The fourth-order valence-electron chi connectivity index (χ4n) is 3.24. The number of ether oxygens (including phenoxy) is 2. The average molecular weight is 472 g/mol. The van der Waals surface area contributed by atoms with Gasteiger partial charge in [0.1, 0.15) is 36.2 Å². The average Bonchev–Trinajstić information content (AvgIpc) is 3.27. The second kappa shape index (κ2) is 11.0. The van der Waals surface area contributed by atoms with Gasteiger partial charge in [-0.3, -0.25) is 0 Å². The molecule has 0 fully saturated rings. The largest absolute Gasteiger partial charge is 0.497 e. The molecule has 0 bridgehead atoms. The molecule has 0 radical (unpaired) electrons. The smallest absolute Gasteiger partial charge is 0.358 e. The molecule has 0 saturated carbocycles. The highest BCUT2D eigenvalue weighted by atomic mass is 16.6. The number of aliphatic carboxylic acids is 1. The van der Waals surface area contributed by atoms with Gasteiger partial charge in [0, 0.05) is 11.1 Å². The van der Waals surface area contributed by atoms with E-state index in [9.17, 15) is 9.90 Å². The number of carboxylic acid groups (broad SMARTS) is 1. The monoisotopic (exact) mass is 472 g/mol. The number of rotatable bonds is 10. The number of methoxy groups -OCH3 is 1. The van der Waals surface area contributed by atoms with Crippen molar-refractivity contribution in [2.24, 2.45) is 5.16 Å². The molecule has 3 aromatic carbocycles. The lowest BCUT2D eigenvalue weighted by Gasteiger charge is -2.07. The lowest BCUT2D eigenvalue weighted by atomic mass is 10.1. The summed E-state index contributed by atoms with van der Waals surface area (Å²) in [6.07, 6.45) is 0. The number of aromatic nitrogens is 1. The molecule has 178 valence electrons. The normalized spacial score (nSPS) is 11.2. The second-order valence-electron chi connectivity index (χ2n) is 7.57. The van der Waals surface area contributed by atoms with Crippen molar-refractivity contribution in [2.75, 3.05) is 7.11 Å². The van der Waals surface area contributed by atoms with Crippen molar-refractivity contribution in [3.05, 3.63) is 101 Å². The van der Waals surface area contributed by atoms with Crippen molar-refractivity contribution >= 4 is 11.7 Å². The topological polar surface area (TPSA) is 103 Å². The third-order valence-corrected chi connectivity index (χ3v) is 5.17. The minimum atomic E-state index is -1.18. The fourth-order valence-corrected chi connectivity index (χ4v) is 3.24. The zero-order chi connectivity index (χ0) is 24.6. The summed E-state index contributed by atoms with van der Waals surface area (Å²) in [5.41, 5.74) is 2.67. The lowest BCUT2D eigenvalue weighted by Crippen LogP contribution is -2.15. The summed E-state index contributed by atoms with van der Waals surface area (Å²) in [4.78, 5) is 21.4. The predicted molar refractivity (Wildman–Crippen MR) is 129 cm³/mol. The van der Waals surface area contributed by atoms with Crippen molar-refractivity contribution in [2.45, 2.75) is 20.1 Å². The van der Waals surface area contributed by atoms with E-state index in [1.54, 1.807) is 36.4 Å². The Labute approximate surface area is 202 Å². The minimum absolute atomic E-state index is 0.107. The van der Waals surface area contributed by atoms with E-state index in [-0.39, 0.29) is 18.9 Å². The third-order valence-electron chi connectivity index (χ3n) is 5.17. The lowest BCUT2D eigenvalue weighted by molar-refractivity contribution is -0.129. The zero-order valence-corrected chi connectivity index (χ0v) is 19.3. The molecular weight excluding hydrogens is 448 g/mol. The van der Waals surface area contributed by atoms with Crippen LogP contribution in [0.2, 0.25) is 0 Å². The molecule has 8 heteroatoms. The standard InChI is InChI=1S/C27H24N2O6/c1-18-24(28-26(35-18)21-6-4-3-5-7-21)17-33-23-12-8-19(9-13-23)16-34-29-25(27(30)31)20-10-14-22(32-2)15-11-20/h3-15H,16-17H2,1-2H3,(H,30,31)/b29-25-. The summed E-state index contributed by atoms with van der Waals surface area (Å²) in [5.74, 6) is 1.36. The van der Waals surface area contributed by atoms with Gasteiger partial charge in [-0.2, -0.15) is 0 Å². The van der Waals surface area contributed by atoms with E-state index in [1.807, 2.05) is 49.4 Å². The Morgan fingerprint density at radius 3 is 2.29 bits per heavy atom. The van der Waals surface area contributed by atoms with Crippen LogP contribution in [-0.2, 0) is 22.8 Å². The molecule has 0 saturated heterocycles. The van der Waals surface area contributed by atoms with Crippen LogP contribution >= 0.6 is 0 Å². The highest BCUT2D eigenvalue weighted by molar-refractivity contribution is 6.42. The van der Waals surface area contributed by atoms with Gasteiger partial charge in [-0.15, -0.1) is 0 Å².